The molecule has 0 saturated carbocycles. The molecule has 19 heavy (non-hydrogen) atoms. The van der Waals surface area contributed by atoms with Crippen molar-refractivity contribution in [2.24, 2.45) is 0 Å². The lowest BCUT2D eigenvalue weighted by Gasteiger charge is -2.37. The molecule has 1 aromatic rings. The summed E-state index contributed by atoms with van der Waals surface area (Å²) in [5.74, 6) is 0.599. The van der Waals surface area contributed by atoms with E-state index in [1.54, 1.807) is 18.9 Å². The van der Waals surface area contributed by atoms with Crippen molar-refractivity contribution < 1.29 is 14.3 Å². The molecule has 1 aliphatic heterocycles. The number of nitrogens with zero attached hydrogens (tertiary/aromatic N) is 1. The fourth-order valence-corrected chi connectivity index (χ4v) is 2.34. The van der Waals surface area contributed by atoms with Gasteiger partial charge in [0.05, 0.1) is 19.7 Å². The number of hydrogen-bond donors (Lipinski definition) is 1. The summed E-state index contributed by atoms with van der Waals surface area (Å²) >= 11 is 0. The minimum absolute atomic E-state index is 0.0598. The van der Waals surface area contributed by atoms with Crippen molar-refractivity contribution in [1.82, 2.24) is 10.2 Å². The van der Waals surface area contributed by atoms with Crippen molar-refractivity contribution in [3.63, 3.8) is 0 Å². The molecule has 5 heteroatoms. The van der Waals surface area contributed by atoms with Crippen LogP contribution in [0.5, 0.6) is 5.75 Å². The van der Waals surface area contributed by atoms with Gasteiger partial charge in [-0.3, -0.25) is 9.59 Å². The van der Waals surface area contributed by atoms with Crippen LogP contribution in [0.3, 0.4) is 0 Å². The molecule has 1 fully saturated rings. The number of carbonyl (C=O) groups excluding carboxylic acids is 2. The minimum Gasteiger partial charge on any atom is -0.497 e. The Labute approximate surface area is 112 Å². The van der Waals surface area contributed by atoms with E-state index in [4.69, 9.17) is 4.74 Å². The molecule has 0 aliphatic carbocycles. The van der Waals surface area contributed by atoms with Crippen molar-refractivity contribution >= 4 is 11.8 Å². The summed E-state index contributed by atoms with van der Waals surface area (Å²) in [6.45, 7) is 3.74. The molecule has 2 atom stereocenters. The van der Waals surface area contributed by atoms with Crippen molar-refractivity contribution in [2.45, 2.75) is 25.9 Å². The summed E-state index contributed by atoms with van der Waals surface area (Å²) in [5.41, 5.74) is 0.982. The Kier molecular flexibility index (Phi) is 3.74. The van der Waals surface area contributed by atoms with E-state index >= 15 is 0 Å². The van der Waals surface area contributed by atoms with E-state index in [1.165, 1.54) is 0 Å². The smallest absolute Gasteiger partial charge is 0.243 e. The topological polar surface area (TPSA) is 58.6 Å². The van der Waals surface area contributed by atoms with Crippen molar-refractivity contribution in [3.05, 3.63) is 29.8 Å². The van der Waals surface area contributed by atoms with Crippen molar-refractivity contribution in [3.8, 4) is 5.75 Å². The van der Waals surface area contributed by atoms with E-state index in [1.807, 2.05) is 31.2 Å². The first-order chi connectivity index (χ1) is 9.04. The van der Waals surface area contributed by atoms with Crippen LogP contribution in [0.25, 0.3) is 0 Å². The molecule has 1 aromatic carbocycles. The van der Waals surface area contributed by atoms with Gasteiger partial charge in [-0.15, -0.1) is 0 Å². The van der Waals surface area contributed by atoms with Crippen LogP contribution >= 0.6 is 0 Å². The van der Waals surface area contributed by atoms with E-state index in [2.05, 4.69) is 5.32 Å². The highest BCUT2D eigenvalue weighted by atomic mass is 16.5. The Hall–Kier alpha value is -2.04. The SMILES string of the molecule is COc1ccc(C(C)N2C(=O)CNC(=O)C2C)cc1. The fraction of sp³-hybridized carbons (Fsp3) is 0.429. The van der Waals surface area contributed by atoms with Gasteiger partial charge in [0.25, 0.3) is 0 Å². The lowest BCUT2D eigenvalue weighted by molar-refractivity contribution is -0.147. The summed E-state index contributed by atoms with van der Waals surface area (Å²) in [5, 5.41) is 2.59. The molecule has 2 amide bonds. The molecule has 1 N–H and O–H groups in total. The molecule has 0 bridgehead atoms. The summed E-state index contributed by atoms with van der Waals surface area (Å²) in [6.07, 6.45) is 0. The van der Waals surface area contributed by atoms with E-state index < -0.39 is 6.04 Å². The van der Waals surface area contributed by atoms with Gasteiger partial charge in [0.15, 0.2) is 0 Å². The Morgan fingerprint density at radius 3 is 2.53 bits per heavy atom. The maximum absolute atomic E-state index is 12.0. The number of benzene rings is 1. The molecule has 0 radical (unpaired) electrons. The van der Waals surface area contributed by atoms with Crippen LogP contribution in [0.15, 0.2) is 24.3 Å². The first kappa shape index (κ1) is 13.4. The maximum atomic E-state index is 12.0. The standard InChI is InChI=1S/C14H18N2O3/c1-9(11-4-6-12(19-3)7-5-11)16-10(2)14(18)15-8-13(16)17/h4-7,9-10H,8H2,1-3H3,(H,15,18). The highest BCUT2D eigenvalue weighted by Gasteiger charge is 2.34. The number of piperazine rings is 1. The summed E-state index contributed by atoms with van der Waals surface area (Å²) in [7, 11) is 1.61. The predicted octanol–water partition coefficient (Wildman–Crippen LogP) is 1.10. The molecule has 2 unspecified atom stereocenters. The molecule has 102 valence electrons. The molecule has 0 aromatic heterocycles. The van der Waals surface area contributed by atoms with Gasteiger partial charge in [-0.05, 0) is 31.5 Å². The van der Waals surface area contributed by atoms with Gasteiger partial charge in [-0.1, -0.05) is 12.1 Å². The van der Waals surface area contributed by atoms with Crippen LogP contribution in [0.1, 0.15) is 25.5 Å². The molecular weight excluding hydrogens is 244 g/mol. The summed E-state index contributed by atoms with van der Waals surface area (Å²) < 4.78 is 5.11. The van der Waals surface area contributed by atoms with Gasteiger partial charge in [-0.25, -0.2) is 0 Å². The van der Waals surface area contributed by atoms with Gasteiger partial charge >= 0.3 is 0 Å². The Morgan fingerprint density at radius 1 is 1.32 bits per heavy atom. The van der Waals surface area contributed by atoms with Gasteiger partial charge in [0.2, 0.25) is 11.8 Å². The van der Waals surface area contributed by atoms with Crippen LogP contribution < -0.4 is 10.1 Å². The second kappa shape index (κ2) is 5.30. The number of methoxy groups -OCH3 is 1. The number of amides is 2. The van der Waals surface area contributed by atoms with Gasteiger partial charge in [0, 0.05) is 0 Å². The average Bonchev–Trinajstić information content (AvgIpc) is 2.43. The number of hydrogen-bond acceptors (Lipinski definition) is 3. The first-order valence-electron chi connectivity index (χ1n) is 6.27. The number of carbonyl (C=O) groups is 2. The highest BCUT2D eigenvalue weighted by Crippen LogP contribution is 2.25. The lowest BCUT2D eigenvalue weighted by atomic mass is 10.0. The third-order valence-electron chi connectivity index (χ3n) is 3.51. The molecule has 2 rings (SSSR count). The van der Waals surface area contributed by atoms with Crippen LogP contribution in [-0.4, -0.2) is 36.4 Å². The van der Waals surface area contributed by atoms with Crippen molar-refractivity contribution in [2.75, 3.05) is 13.7 Å². The van der Waals surface area contributed by atoms with Crippen LogP contribution in [0.2, 0.25) is 0 Å². The van der Waals surface area contributed by atoms with Gasteiger partial charge in [0.1, 0.15) is 11.8 Å². The Morgan fingerprint density at radius 2 is 1.95 bits per heavy atom. The quantitative estimate of drug-likeness (QED) is 0.887. The molecule has 1 aliphatic rings. The van der Waals surface area contributed by atoms with E-state index in [-0.39, 0.29) is 24.4 Å². The minimum atomic E-state index is -0.446. The third-order valence-corrected chi connectivity index (χ3v) is 3.51. The number of rotatable bonds is 3. The normalized spacial score (nSPS) is 21.0. The van der Waals surface area contributed by atoms with E-state index in [0.717, 1.165) is 11.3 Å². The molecule has 1 saturated heterocycles. The largest absolute Gasteiger partial charge is 0.497 e. The zero-order chi connectivity index (χ0) is 14.0. The molecule has 1 heterocycles. The average molecular weight is 262 g/mol. The van der Waals surface area contributed by atoms with E-state index in [9.17, 15) is 9.59 Å². The zero-order valence-corrected chi connectivity index (χ0v) is 11.3. The van der Waals surface area contributed by atoms with Gasteiger partial charge in [-0.2, -0.15) is 0 Å². The molecule has 5 nitrogen and oxygen atoms in total. The van der Waals surface area contributed by atoms with E-state index in [0.29, 0.717) is 0 Å². The van der Waals surface area contributed by atoms with Crippen LogP contribution in [0, 0.1) is 0 Å². The Balaban J connectivity index is 2.23. The second-order valence-corrected chi connectivity index (χ2v) is 4.64. The molecular formula is C14H18N2O3. The van der Waals surface area contributed by atoms with Crippen molar-refractivity contribution in [1.29, 1.82) is 0 Å². The van der Waals surface area contributed by atoms with Crippen LogP contribution in [-0.2, 0) is 9.59 Å². The predicted molar refractivity (Wildman–Crippen MR) is 70.7 cm³/mol. The number of nitrogens with one attached hydrogen (secondary N) is 1. The summed E-state index contributed by atoms with van der Waals surface area (Å²) in [4.78, 5) is 25.3. The lowest BCUT2D eigenvalue weighted by Crippen LogP contribution is -2.57. The maximum Gasteiger partial charge on any atom is 0.243 e. The Bertz CT molecular complexity index is 484. The zero-order valence-electron chi connectivity index (χ0n) is 11.3. The third kappa shape index (κ3) is 2.54. The first-order valence-corrected chi connectivity index (χ1v) is 6.27. The molecule has 0 spiro atoms. The fourth-order valence-electron chi connectivity index (χ4n) is 2.34. The summed E-state index contributed by atoms with van der Waals surface area (Å²) in [6, 6.07) is 6.94. The highest BCUT2D eigenvalue weighted by molar-refractivity contribution is 5.94. The number of ether oxygens (including phenoxy) is 1. The second-order valence-electron chi connectivity index (χ2n) is 4.64. The monoisotopic (exact) mass is 262 g/mol. The van der Waals surface area contributed by atoms with Crippen LogP contribution in [0.4, 0.5) is 0 Å². The van der Waals surface area contributed by atoms with Gasteiger partial charge < -0.3 is 15.0 Å².